The standard InChI is InChI=1S/C6H6O.CH5P.H2O/c7-6-4-2-1-3-5-6;1-2;/h1-5,7H;2H2,1H3;1H2. The summed E-state index contributed by atoms with van der Waals surface area (Å²) in [6.07, 6.45) is 0. The minimum absolute atomic E-state index is 0. The molecule has 0 fully saturated rings. The van der Waals surface area contributed by atoms with Crippen molar-refractivity contribution in [3.05, 3.63) is 30.3 Å². The van der Waals surface area contributed by atoms with Crippen molar-refractivity contribution in [2.75, 3.05) is 6.66 Å². The Morgan fingerprint density at radius 3 is 1.70 bits per heavy atom. The first-order valence-corrected chi connectivity index (χ1v) is 3.87. The van der Waals surface area contributed by atoms with E-state index in [2.05, 4.69) is 9.24 Å². The second-order valence-corrected chi connectivity index (χ2v) is 1.34. The topological polar surface area (TPSA) is 51.7 Å². The highest BCUT2D eigenvalue weighted by atomic mass is 31.0. The van der Waals surface area contributed by atoms with Gasteiger partial charge in [-0.15, -0.1) is 9.24 Å². The molecule has 1 aromatic carbocycles. The number of benzene rings is 1. The molecule has 1 atom stereocenters. The third kappa shape index (κ3) is 5.54. The van der Waals surface area contributed by atoms with Gasteiger partial charge < -0.3 is 10.6 Å². The quantitative estimate of drug-likeness (QED) is 0.567. The van der Waals surface area contributed by atoms with Gasteiger partial charge in [-0.25, -0.2) is 0 Å². The summed E-state index contributed by atoms with van der Waals surface area (Å²) in [7, 11) is 2.42. The molecular weight excluding hydrogens is 147 g/mol. The lowest BCUT2D eigenvalue weighted by Gasteiger charge is -1.82. The molecule has 0 aliphatic rings. The number of phenols is 1. The molecule has 0 aliphatic heterocycles. The number of aromatic hydroxyl groups is 1. The van der Waals surface area contributed by atoms with Crippen molar-refractivity contribution in [1.82, 2.24) is 0 Å². The molecular formula is C7H13O2P. The highest BCUT2D eigenvalue weighted by molar-refractivity contribution is 7.15. The molecule has 0 saturated carbocycles. The van der Waals surface area contributed by atoms with E-state index >= 15 is 0 Å². The number of hydrogen-bond acceptors (Lipinski definition) is 1. The van der Waals surface area contributed by atoms with Gasteiger partial charge in [0.05, 0.1) is 0 Å². The van der Waals surface area contributed by atoms with E-state index < -0.39 is 0 Å². The molecule has 0 heterocycles. The van der Waals surface area contributed by atoms with E-state index in [4.69, 9.17) is 5.11 Å². The normalized spacial score (nSPS) is 6.60. The van der Waals surface area contributed by atoms with Crippen LogP contribution in [-0.4, -0.2) is 17.2 Å². The van der Waals surface area contributed by atoms with Crippen molar-refractivity contribution in [2.24, 2.45) is 0 Å². The molecule has 58 valence electrons. The van der Waals surface area contributed by atoms with Crippen LogP contribution in [0.15, 0.2) is 30.3 Å². The zero-order valence-electron chi connectivity index (χ0n) is 5.91. The van der Waals surface area contributed by atoms with Gasteiger partial charge >= 0.3 is 0 Å². The van der Waals surface area contributed by atoms with Gasteiger partial charge in [0.25, 0.3) is 0 Å². The zero-order valence-corrected chi connectivity index (χ0v) is 7.07. The molecule has 0 amide bonds. The van der Waals surface area contributed by atoms with Crippen molar-refractivity contribution >= 4 is 9.24 Å². The number of hydrogen-bond donors (Lipinski definition) is 1. The van der Waals surface area contributed by atoms with Crippen LogP contribution in [0.3, 0.4) is 0 Å². The van der Waals surface area contributed by atoms with Gasteiger partial charge in [-0.05, 0) is 12.1 Å². The molecule has 0 radical (unpaired) electrons. The summed E-state index contributed by atoms with van der Waals surface area (Å²) in [6.45, 7) is 1.92. The fourth-order valence-corrected chi connectivity index (χ4v) is 0.428. The van der Waals surface area contributed by atoms with Crippen LogP contribution in [0.4, 0.5) is 0 Å². The predicted octanol–water partition coefficient (Wildman–Crippen LogP) is 1.06. The fourth-order valence-electron chi connectivity index (χ4n) is 0.428. The predicted molar refractivity (Wildman–Crippen MR) is 47.4 cm³/mol. The average molecular weight is 160 g/mol. The summed E-state index contributed by atoms with van der Waals surface area (Å²) in [4.78, 5) is 0. The summed E-state index contributed by atoms with van der Waals surface area (Å²) in [5.41, 5.74) is 0. The Morgan fingerprint density at radius 2 is 1.50 bits per heavy atom. The summed E-state index contributed by atoms with van der Waals surface area (Å²) in [6, 6.07) is 8.71. The molecule has 1 aromatic rings. The molecule has 3 heteroatoms. The molecule has 10 heavy (non-hydrogen) atoms. The molecule has 0 aromatic heterocycles. The number of para-hydroxylation sites is 1. The van der Waals surface area contributed by atoms with Gasteiger partial charge in [-0.2, -0.15) is 0 Å². The molecule has 0 aliphatic carbocycles. The zero-order chi connectivity index (χ0) is 7.11. The Balaban J connectivity index is 0. The highest BCUT2D eigenvalue weighted by Crippen LogP contribution is 2.02. The van der Waals surface area contributed by atoms with Crippen LogP contribution in [-0.2, 0) is 0 Å². The lowest BCUT2D eigenvalue weighted by molar-refractivity contribution is 0.475. The summed E-state index contributed by atoms with van der Waals surface area (Å²) in [5.74, 6) is 0.322. The van der Waals surface area contributed by atoms with E-state index in [0.29, 0.717) is 5.75 Å². The Bertz CT molecular complexity index is 142. The highest BCUT2D eigenvalue weighted by Gasteiger charge is 1.74. The van der Waals surface area contributed by atoms with Crippen molar-refractivity contribution < 1.29 is 10.6 Å². The van der Waals surface area contributed by atoms with E-state index in [1.807, 2.05) is 12.7 Å². The van der Waals surface area contributed by atoms with E-state index in [9.17, 15) is 0 Å². The molecule has 2 nitrogen and oxygen atoms in total. The minimum atomic E-state index is 0. The van der Waals surface area contributed by atoms with Crippen LogP contribution in [0, 0.1) is 0 Å². The second kappa shape index (κ2) is 8.41. The van der Waals surface area contributed by atoms with Crippen molar-refractivity contribution in [3.63, 3.8) is 0 Å². The van der Waals surface area contributed by atoms with E-state index in [-0.39, 0.29) is 5.48 Å². The van der Waals surface area contributed by atoms with Crippen LogP contribution in [0.2, 0.25) is 0 Å². The van der Waals surface area contributed by atoms with Gasteiger partial charge in [0.15, 0.2) is 0 Å². The van der Waals surface area contributed by atoms with Crippen LogP contribution in [0.1, 0.15) is 0 Å². The fraction of sp³-hybridized carbons (Fsp3) is 0.143. The van der Waals surface area contributed by atoms with Gasteiger partial charge in [-0.1, -0.05) is 24.9 Å². The first kappa shape index (κ1) is 12.1. The van der Waals surface area contributed by atoms with Crippen LogP contribution < -0.4 is 0 Å². The maximum absolute atomic E-state index is 8.63. The Morgan fingerprint density at radius 1 is 1.10 bits per heavy atom. The maximum Gasteiger partial charge on any atom is 0.115 e. The van der Waals surface area contributed by atoms with Crippen molar-refractivity contribution in [2.45, 2.75) is 0 Å². The molecule has 0 spiro atoms. The number of rotatable bonds is 0. The molecule has 3 N–H and O–H groups in total. The van der Waals surface area contributed by atoms with Gasteiger partial charge in [0.2, 0.25) is 0 Å². The van der Waals surface area contributed by atoms with Crippen LogP contribution in [0.25, 0.3) is 0 Å². The lowest BCUT2D eigenvalue weighted by atomic mass is 10.3. The second-order valence-electron chi connectivity index (χ2n) is 1.34. The van der Waals surface area contributed by atoms with Gasteiger partial charge in [-0.3, -0.25) is 0 Å². The SMILES string of the molecule is CP.O.Oc1ccccc1. The Hall–Kier alpha value is -0.590. The molecule has 1 unspecified atom stereocenters. The minimum Gasteiger partial charge on any atom is -0.508 e. The van der Waals surface area contributed by atoms with Gasteiger partial charge in [0, 0.05) is 0 Å². The van der Waals surface area contributed by atoms with E-state index in [1.54, 1.807) is 24.3 Å². The monoisotopic (exact) mass is 160 g/mol. The van der Waals surface area contributed by atoms with Crippen molar-refractivity contribution in [1.29, 1.82) is 0 Å². The first-order valence-electron chi connectivity index (χ1n) is 2.71. The average Bonchev–Trinajstić information content (AvgIpc) is 1.94. The Kier molecular flexibility index (Phi) is 10.2. The third-order valence-corrected chi connectivity index (χ3v) is 0.756. The molecule has 0 bridgehead atoms. The summed E-state index contributed by atoms with van der Waals surface area (Å²) < 4.78 is 0. The van der Waals surface area contributed by atoms with Crippen LogP contribution >= 0.6 is 9.24 Å². The first-order chi connectivity index (χ1) is 4.39. The molecule has 1 rings (SSSR count). The maximum atomic E-state index is 8.63. The smallest absolute Gasteiger partial charge is 0.115 e. The molecule has 0 saturated heterocycles. The lowest BCUT2D eigenvalue weighted by Crippen LogP contribution is -1.56. The number of phenolic OH excluding ortho intramolecular Hbond substituents is 1. The van der Waals surface area contributed by atoms with Crippen LogP contribution in [0.5, 0.6) is 5.75 Å². The largest absolute Gasteiger partial charge is 0.508 e. The summed E-state index contributed by atoms with van der Waals surface area (Å²) >= 11 is 0. The third-order valence-electron chi connectivity index (χ3n) is 0.756. The Labute approximate surface area is 63.4 Å². The van der Waals surface area contributed by atoms with Crippen molar-refractivity contribution in [3.8, 4) is 5.75 Å². The van der Waals surface area contributed by atoms with E-state index in [1.165, 1.54) is 0 Å². The van der Waals surface area contributed by atoms with Gasteiger partial charge in [0.1, 0.15) is 5.75 Å². The summed E-state index contributed by atoms with van der Waals surface area (Å²) in [5, 5.41) is 8.63. The van der Waals surface area contributed by atoms with E-state index in [0.717, 1.165) is 0 Å².